The van der Waals surface area contributed by atoms with Gasteiger partial charge in [0, 0.05) is 11.6 Å². The summed E-state index contributed by atoms with van der Waals surface area (Å²) in [5.74, 6) is -1.33. The molecule has 0 N–H and O–H groups in total. The fourth-order valence-electron chi connectivity index (χ4n) is 0.971. The predicted octanol–water partition coefficient (Wildman–Crippen LogP) is 1.33. The van der Waals surface area contributed by atoms with Crippen LogP contribution in [0.3, 0.4) is 0 Å². The Balaban J connectivity index is 2.97. The summed E-state index contributed by atoms with van der Waals surface area (Å²) in [7, 11) is 0. The van der Waals surface area contributed by atoms with Crippen LogP contribution in [0, 0.1) is 5.82 Å². The largest absolute Gasteiger partial charge is 0.439 e. The SMILES string of the molecule is O=c1ncc2cccc(F)c2o1. The van der Waals surface area contributed by atoms with E-state index >= 15 is 0 Å². The summed E-state index contributed by atoms with van der Waals surface area (Å²) < 4.78 is 17.5. The lowest BCUT2D eigenvalue weighted by Gasteiger charge is -1.93. The molecule has 0 aliphatic heterocycles. The maximum Gasteiger partial charge on any atom is 0.439 e. The van der Waals surface area contributed by atoms with Crippen LogP contribution in [0.25, 0.3) is 11.0 Å². The van der Waals surface area contributed by atoms with Gasteiger partial charge < -0.3 is 4.42 Å². The summed E-state index contributed by atoms with van der Waals surface area (Å²) in [4.78, 5) is 14.0. The highest BCUT2D eigenvalue weighted by molar-refractivity contribution is 5.75. The van der Waals surface area contributed by atoms with Crippen molar-refractivity contribution in [2.24, 2.45) is 0 Å². The lowest BCUT2D eigenvalue weighted by Crippen LogP contribution is -2.02. The van der Waals surface area contributed by atoms with E-state index in [4.69, 9.17) is 0 Å². The number of nitrogens with zero attached hydrogens (tertiary/aromatic N) is 1. The van der Waals surface area contributed by atoms with Crippen LogP contribution in [-0.4, -0.2) is 4.98 Å². The third kappa shape index (κ3) is 0.972. The summed E-state index contributed by atoms with van der Waals surface area (Å²) in [6, 6.07) is 4.37. The minimum Gasteiger partial charge on any atom is -0.405 e. The number of para-hydroxylation sites is 1. The van der Waals surface area contributed by atoms with Crippen molar-refractivity contribution in [3.63, 3.8) is 0 Å². The first-order valence-corrected chi connectivity index (χ1v) is 3.32. The Morgan fingerprint density at radius 1 is 1.42 bits per heavy atom. The molecule has 0 bridgehead atoms. The number of rotatable bonds is 0. The molecule has 4 heteroatoms. The first kappa shape index (κ1) is 6.97. The predicted molar refractivity (Wildman–Crippen MR) is 40.2 cm³/mol. The highest BCUT2D eigenvalue weighted by Crippen LogP contribution is 2.13. The van der Waals surface area contributed by atoms with Gasteiger partial charge in [0.25, 0.3) is 0 Å². The second-order valence-electron chi connectivity index (χ2n) is 2.28. The van der Waals surface area contributed by atoms with Gasteiger partial charge in [-0.1, -0.05) is 6.07 Å². The van der Waals surface area contributed by atoms with E-state index in [1.165, 1.54) is 18.3 Å². The maximum absolute atomic E-state index is 12.9. The van der Waals surface area contributed by atoms with Crippen LogP contribution in [0.5, 0.6) is 0 Å². The van der Waals surface area contributed by atoms with Crippen LogP contribution >= 0.6 is 0 Å². The number of benzene rings is 1. The molecule has 0 unspecified atom stereocenters. The van der Waals surface area contributed by atoms with E-state index in [0.29, 0.717) is 5.39 Å². The lowest BCUT2D eigenvalue weighted by atomic mass is 10.2. The molecule has 0 aliphatic rings. The number of hydrogen-bond acceptors (Lipinski definition) is 3. The molecule has 0 atom stereocenters. The number of aromatic nitrogens is 1. The van der Waals surface area contributed by atoms with E-state index in [2.05, 4.69) is 9.40 Å². The van der Waals surface area contributed by atoms with Crippen LogP contribution in [-0.2, 0) is 0 Å². The fraction of sp³-hybridized carbons (Fsp3) is 0. The molecule has 2 rings (SSSR count). The van der Waals surface area contributed by atoms with Gasteiger partial charge in [-0.05, 0) is 12.1 Å². The summed E-state index contributed by atoms with van der Waals surface area (Å²) in [6.45, 7) is 0. The van der Waals surface area contributed by atoms with Crippen LogP contribution in [0.4, 0.5) is 4.39 Å². The van der Waals surface area contributed by atoms with Gasteiger partial charge in [-0.3, -0.25) is 0 Å². The molecule has 3 nitrogen and oxygen atoms in total. The van der Waals surface area contributed by atoms with Gasteiger partial charge in [0.15, 0.2) is 11.4 Å². The van der Waals surface area contributed by atoms with Crippen molar-refractivity contribution in [1.29, 1.82) is 0 Å². The van der Waals surface area contributed by atoms with Crippen molar-refractivity contribution in [1.82, 2.24) is 4.98 Å². The monoisotopic (exact) mass is 165 g/mol. The van der Waals surface area contributed by atoms with Gasteiger partial charge in [-0.15, -0.1) is 0 Å². The number of halogens is 1. The van der Waals surface area contributed by atoms with Gasteiger partial charge in [0.1, 0.15) is 0 Å². The molecule has 0 amide bonds. The van der Waals surface area contributed by atoms with Gasteiger partial charge in [-0.25, -0.2) is 9.18 Å². The smallest absolute Gasteiger partial charge is 0.405 e. The normalized spacial score (nSPS) is 10.4. The molecule has 1 heterocycles. The van der Waals surface area contributed by atoms with Crippen molar-refractivity contribution in [2.75, 3.05) is 0 Å². The summed E-state index contributed by atoms with van der Waals surface area (Å²) >= 11 is 0. The van der Waals surface area contributed by atoms with E-state index in [1.54, 1.807) is 6.07 Å². The zero-order valence-corrected chi connectivity index (χ0v) is 5.95. The first-order chi connectivity index (χ1) is 5.77. The molecule has 2 aromatic rings. The Labute approximate surface area is 66.5 Å². The van der Waals surface area contributed by atoms with Gasteiger partial charge in [0.05, 0.1) is 0 Å². The zero-order chi connectivity index (χ0) is 8.55. The molecule has 0 aliphatic carbocycles. The van der Waals surface area contributed by atoms with Crippen molar-refractivity contribution in [2.45, 2.75) is 0 Å². The molecule has 1 aromatic heterocycles. The molecular weight excluding hydrogens is 161 g/mol. The first-order valence-electron chi connectivity index (χ1n) is 3.32. The molecular formula is C8H4FNO2. The standard InChI is InChI=1S/C8H4FNO2/c9-6-3-1-2-5-4-10-8(11)12-7(5)6/h1-4H. The molecule has 0 spiro atoms. The maximum atomic E-state index is 12.9. The van der Waals surface area contributed by atoms with Crippen LogP contribution in [0.2, 0.25) is 0 Å². The van der Waals surface area contributed by atoms with Crippen molar-refractivity contribution in [3.05, 3.63) is 40.8 Å². The fourth-order valence-corrected chi connectivity index (χ4v) is 0.971. The summed E-state index contributed by atoms with van der Waals surface area (Å²) in [6.07, 6.45) is 1.28. The van der Waals surface area contributed by atoms with Crippen LogP contribution < -0.4 is 5.76 Å². The highest BCUT2D eigenvalue weighted by Gasteiger charge is 2.02. The van der Waals surface area contributed by atoms with E-state index in [0.717, 1.165) is 0 Å². The Bertz CT molecular complexity index is 478. The molecule has 0 fully saturated rings. The average Bonchev–Trinajstić information content (AvgIpc) is 2.07. The van der Waals surface area contributed by atoms with Gasteiger partial charge in [0.2, 0.25) is 0 Å². The second-order valence-corrected chi connectivity index (χ2v) is 2.28. The van der Waals surface area contributed by atoms with Crippen LogP contribution in [0.15, 0.2) is 33.6 Å². The Morgan fingerprint density at radius 2 is 2.25 bits per heavy atom. The van der Waals surface area contributed by atoms with Crippen LogP contribution in [0.1, 0.15) is 0 Å². The topological polar surface area (TPSA) is 43.1 Å². The highest BCUT2D eigenvalue weighted by atomic mass is 19.1. The van der Waals surface area contributed by atoms with Crippen molar-refractivity contribution < 1.29 is 8.81 Å². The van der Waals surface area contributed by atoms with E-state index < -0.39 is 11.6 Å². The molecule has 12 heavy (non-hydrogen) atoms. The van der Waals surface area contributed by atoms with Crippen molar-refractivity contribution >= 4 is 11.0 Å². The summed E-state index contributed by atoms with van der Waals surface area (Å²) in [5.41, 5.74) is -0.0440. The zero-order valence-electron chi connectivity index (χ0n) is 5.95. The van der Waals surface area contributed by atoms with E-state index in [-0.39, 0.29) is 5.58 Å². The third-order valence-corrected chi connectivity index (χ3v) is 1.50. The van der Waals surface area contributed by atoms with E-state index in [9.17, 15) is 9.18 Å². The number of fused-ring (bicyclic) bond motifs is 1. The molecule has 0 radical (unpaired) electrons. The minimum atomic E-state index is -0.785. The Hall–Kier alpha value is -1.71. The molecule has 0 saturated carbocycles. The van der Waals surface area contributed by atoms with Gasteiger partial charge >= 0.3 is 5.76 Å². The Morgan fingerprint density at radius 3 is 3.08 bits per heavy atom. The lowest BCUT2D eigenvalue weighted by molar-refractivity contribution is 0.502. The summed E-state index contributed by atoms with van der Waals surface area (Å²) in [5, 5.41) is 0.481. The molecule has 60 valence electrons. The number of hydrogen-bond donors (Lipinski definition) is 0. The van der Waals surface area contributed by atoms with Crippen molar-refractivity contribution in [3.8, 4) is 0 Å². The van der Waals surface area contributed by atoms with Gasteiger partial charge in [-0.2, -0.15) is 4.98 Å². The second kappa shape index (κ2) is 2.41. The molecule has 0 saturated heterocycles. The minimum absolute atomic E-state index is 0.0440. The quantitative estimate of drug-likeness (QED) is 0.591. The Kier molecular flexibility index (Phi) is 1.40. The third-order valence-electron chi connectivity index (χ3n) is 1.50. The van der Waals surface area contributed by atoms with E-state index in [1.807, 2.05) is 0 Å². The molecule has 1 aromatic carbocycles. The average molecular weight is 165 g/mol.